The van der Waals surface area contributed by atoms with Crippen LogP contribution in [0.3, 0.4) is 0 Å². The number of carbonyl (C=O) groups excluding carboxylic acids is 1. The Morgan fingerprint density at radius 1 is 1.34 bits per heavy atom. The van der Waals surface area contributed by atoms with Gasteiger partial charge in [0.15, 0.2) is 0 Å². The summed E-state index contributed by atoms with van der Waals surface area (Å²) < 4.78 is 27.5. The number of likely N-dealkylation sites (tertiary alicyclic amines) is 1. The molecule has 0 spiro atoms. The lowest BCUT2D eigenvalue weighted by atomic mass is 9.67. The number of aromatic nitrogens is 1. The van der Waals surface area contributed by atoms with Gasteiger partial charge in [0.25, 0.3) is 0 Å². The molecule has 0 unspecified atom stereocenters. The molecular weight excluding hydrogens is 541 g/mol. The van der Waals surface area contributed by atoms with Crippen molar-refractivity contribution in [2.24, 2.45) is 5.41 Å². The summed E-state index contributed by atoms with van der Waals surface area (Å²) >= 11 is 12.6. The lowest BCUT2D eigenvalue weighted by Gasteiger charge is -2.52. The average molecular weight is 581 g/mol. The van der Waals surface area contributed by atoms with Crippen LogP contribution in [0.4, 0.5) is 0 Å². The molecule has 208 valence electrons. The van der Waals surface area contributed by atoms with Crippen LogP contribution in [0.2, 0.25) is 5.02 Å². The lowest BCUT2D eigenvalue weighted by molar-refractivity contribution is -0.152. The minimum atomic E-state index is -3.41. The normalized spacial score (nSPS) is 25.7. The van der Waals surface area contributed by atoms with Gasteiger partial charge >= 0.3 is 0 Å². The molecule has 2 fully saturated rings. The fourth-order valence-electron chi connectivity index (χ4n) is 5.38. The van der Waals surface area contributed by atoms with Crippen molar-refractivity contribution in [3.05, 3.63) is 77.1 Å². The molecule has 3 rings (SSSR count). The van der Waals surface area contributed by atoms with Gasteiger partial charge in [0.1, 0.15) is 0 Å². The number of pyridine rings is 1. The van der Waals surface area contributed by atoms with E-state index in [4.69, 9.17) is 23.2 Å². The third-order valence-electron chi connectivity index (χ3n) is 7.68. The number of hydrogen-bond acceptors (Lipinski definition) is 4. The number of allylic oxidation sites excluding steroid dienone is 4. The molecule has 0 bridgehead atoms. The van der Waals surface area contributed by atoms with E-state index in [1.807, 2.05) is 37.8 Å². The van der Waals surface area contributed by atoms with Crippen LogP contribution in [-0.4, -0.2) is 59.4 Å². The number of likely N-dealkylation sites (N-methyl/N-ethyl adjacent to an activating group) is 1. The van der Waals surface area contributed by atoms with E-state index in [2.05, 4.69) is 18.1 Å². The summed E-state index contributed by atoms with van der Waals surface area (Å²) in [6.07, 6.45) is 13.5. The number of amides is 1. The second kappa shape index (κ2) is 12.5. The fraction of sp³-hybridized carbons (Fsp3) is 0.517. The van der Waals surface area contributed by atoms with Gasteiger partial charge in [-0.1, -0.05) is 61.9 Å². The summed E-state index contributed by atoms with van der Waals surface area (Å²) in [5, 5.41) is 0.741. The maximum atomic E-state index is 14.3. The summed E-state index contributed by atoms with van der Waals surface area (Å²) in [5.41, 5.74) is 0.864. The molecule has 4 atom stereocenters. The van der Waals surface area contributed by atoms with E-state index in [1.54, 1.807) is 37.7 Å². The number of piperidine rings is 1. The molecule has 1 aromatic rings. The number of rotatable bonds is 12. The molecule has 1 saturated carbocycles. The van der Waals surface area contributed by atoms with Crippen molar-refractivity contribution >= 4 is 39.1 Å². The maximum absolute atomic E-state index is 14.3. The first-order chi connectivity index (χ1) is 17.9. The van der Waals surface area contributed by atoms with Crippen molar-refractivity contribution in [2.45, 2.75) is 76.1 Å². The molecule has 1 aliphatic carbocycles. The zero-order chi connectivity index (χ0) is 28.3. The van der Waals surface area contributed by atoms with Crippen LogP contribution < -0.4 is 0 Å². The van der Waals surface area contributed by atoms with Gasteiger partial charge in [0.05, 0.1) is 21.7 Å². The summed E-state index contributed by atoms with van der Waals surface area (Å²) in [6, 6.07) is 1.07. The Bertz CT molecular complexity index is 1230. The summed E-state index contributed by atoms with van der Waals surface area (Å²) in [4.78, 5) is 20.5. The molecule has 2 heterocycles. The van der Waals surface area contributed by atoms with Crippen molar-refractivity contribution in [3.8, 4) is 0 Å². The number of halogens is 2. The molecule has 1 aliphatic heterocycles. The maximum Gasteiger partial charge on any atom is 0.229 e. The first kappa shape index (κ1) is 30.6. The highest BCUT2D eigenvalue weighted by atomic mass is 35.5. The second-order valence-electron chi connectivity index (χ2n) is 10.6. The van der Waals surface area contributed by atoms with Crippen LogP contribution in [0, 0.1) is 5.41 Å². The average Bonchev–Trinajstić information content (AvgIpc) is 3.73. The summed E-state index contributed by atoms with van der Waals surface area (Å²) in [5.74, 6) is -0.214. The third-order valence-corrected chi connectivity index (χ3v) is 10.6. The van der Waals surface area contributed by atoms with Crippen LogP contribution in [-0.2, 0) is 14.8 Å². The van der Waals surface area contributed by atoms with Crippen LogP contribution in [0.5, 0.6) is 0 Å². The Labute approximate surface area is 238 Å². The number of carbonyl (C=O) groups is 1. The molecule has 0 aromatic carbocycles. The lowest BCUT2D eigenvalue weighted by Crippen LogP contribution is -2.61. The van der Waals surface area contributed by atoms with E-state index in [9.17, 15) is 13.2 Å². The molecule has 6 nitrogen and oxygen atoms in total. The van der Waals surface area contributed by atoms with Gasteiger partial charge in [-0.05, 0) is 62.3 Å². The smallest absolute Gasteiger partial charge is 0.229 e. The molecular formula is C29H39Cl2N3O3S. The number of hydrogen-bond donors (Lipinski definition) is 0. The van der Waals surface area contributed by atoms with E-state index < -0.39 is 21.5 Å². The Kier molecular flexibility index (Phi) is 10.1. The zero-order valence-corrected chi connectivity index (χ0v) is 25.1. The summed E-state index contributed by atoms with van der Waals surface area (Å²) in [6.45, 7) is 14.3. The van der Waals surface area contributed by atoms with E-state index in [1.165, 1.54) is 4.31 Å². The highest BCUT2D eigenvalue weighted by molar-refractivity contribution is 7.90. The van der Waals surface area contributed by atoms with Gasteiger partial charge in [-0.15, -0.1) is 6.58 Å². The monoisotopic (exact) mass is 579 g/mol. The minimum absolute atomic E-state index is 0.0376. The molecule has 2 aliphatic rings. The molecule has 0 radical (unpaired) electrons. The van der Waals surface area contributed by atoms with E-state index >= 15 is 0 Å². The third kappa shape index (κ3) is 6.61. The minimum Gasteiger partial charge on any atom is -0.330 e. The van der Waals surface area contributed by atoms with Gasteiger partial charge in [0, 0.05) is 43.0 Å². The highest BCUT2D eigenvalue weighted by Crippen LogP contribution is 2.48. The van der Waals surface area contributed by atoms with Crippen molar-refractivity contribution in [1.29, 1.82) is 0 Å². The van der Waals surface area contributed by atoms with Crippen LogP contribution in [0.1, 0.15) is 64.4 Å². The van der Waals surface area contributed by atoms with Crippen LogP contribution in [0.25, 0.3) is 0 Å². The molecule has 1 saturated heterocycles. The predicted octanol–water partition coefficient (Wildman–Crippen LogP) is 6.46. The molecule has 38 heavy (non-hydrogen) atoms. The van der Waals surface area contributed by atoms with Gasteiger partial charge in [-0.2, -0.15) is 0 Å². The van der Waals surface area contributed by atoms with Gasteiger partial charge in [-0.25, -0.2) is 12.7 Å². The summed E-state index contributed by atoms with van der Waals surface area (Å²) in [7, 11) is -1.80. The standard InChI is InChI=1S/C29H39Cl2N3O3S/c1-7-14-29(5)16-26(21-15-23(31)18-32-17-21)27(20(4)10-11-22(30)8-2)34(28(29)35)24(9-3)19-33(6)38(36,37)25-12-13-25/h7-8,10-11,15,17-18,24-27H,1,4,9,12-14,16,19H2,2-3,5-6H3/b11-10-,22-8-/t24-,26+,27+,29-/m0/s1. The topological polar surface area (TPSA) is 70.6 Å². The SMILES string of the molecule is C=CC[C@@]1(C)C[C@H](c2cncc(Cl)c2)[C@@H](C(=C)/C=C\C(Cl)=C\C)N([C@@H](CC)CN(C)S(=O)(=O)C2CC2)C1=O. The number of nitrogens with zero attached hydrogens (tertiary/aromatic N) is 3. The molecule has 9 heteroatoms. The Hall–Kier alpha value is -1.93. The Balaban J connectivity index is 2.15. The zero-order valence-electron chi connectivity index (χ0n) is 22.7. The van der Waals surface area contributed by atoms with Crippen molar-refractivity contribution in [3.63, 3.8) is 0 Å². The van der Waals surface area contributed by atoms with E-state index in [0.29, 0.717) is 47.7 Å². The van der Waals surface area contributed by atoms with Gasteiger partial charge < -0.3 is 4.90 Å². The van der Waals surface area contributed by atoms with Crippen molar-refractivity contribution in [2.75, 3.05) is 13.6 Å². The Morgan fingerprint density at radius 3 is 2.58 bits per heavy atom. The van der Waals surface area contributed by atoms with Crippen molar-refractivity contribution in [1.82, 2.24) is 14.2 Å². The second-order valence-corrected chi connectivity index (χ2v) is 13.8. The first-order valence-electron chi connectivity index (χ1n) is 13.1. The van der Waals surface area contributed by atoms with Crippen LogP contribution in [0.15, 0.2) is 66.5 Å². The largest absolute Gasteiger partial charge is 0.330 e. The first-order valence-corrected chi connectivity index (χ1v) is 15.3. The van der Waals surface area contributed by atoms with Crippen LogP contribution >= 0.6 is 23.2 Å². The quantitative estimate of drug-likeness (QED) is 0.210. The highest BCUT2D eigenvalue weighted by Gasteiger charge is 2.51. The Morgan fingerprint density at radius 2 is 2.03 bits per heavy atom. The molecule has 1 aromatic heterocycles. The van der Waals surface area contributed by atoms with Crippen molar-refractivity contribution < 1.29 is 13.2 Å². The number of sulfonamides is 1. The van der Waals surface area contributed by atoms with E-state index in [-0.39, 0.29) is 29.7 Å². The van der Waals surface area contributed by atoms with E-state index in [0.717, 1.165) is 5.56 Å². The van der Waals surface area contributed by atoms with Gasteiger partial charge in [-0.3, -0.25) is 9.78 Å². The molecule has 0 N–H and O–H groups in total. The van der Waals surface area contributed by atoms with Gasteiger partial charge in [0.2, 0.25) is 15.9 Å². The fourth-order valence-corrected chi connectivity index (χ4v) is 7.25. The molecule has 1 amide bonds. The predicted molar refractivity (Wildman–Crippen MR) is 157 cm³/mol.